The van der Waals surface area contributed by atoms with Gasteiger partial charge in [0.15, 0.2) is 11.5 Å². The van der Waals surface area contributed by atoms with Crippen LogP contribution < -0.4 is 5.73 Å². The van der Waals surface area contributed by atoms with Crippen molar-refractivity contribution in [2.24, 2.45) is 5.73 Å². The summed E-state index contributed by atoms with van der Waals surface area (Å²) in [5.74, 6) is -0.155. The van der Waals surface area contributed by atoms with Gasteiger partial charge in [-0.3, -0.25) is 0 Å². The number of benzene rings is 1. The van der Waals surface area contributed by atoms with Gasteiger partial charge in [0.1, 0.15) is 0 Å². The Morgan fingerprint density at radius 1 is 1.23 bits per heavy atom. The molecule has 0 radical (unpaired) electrons. The first-order chi connectivity index (χ1) is 5.95. The third kappa shape index (κ3) is 1.60. The van der Waals surface area contributed by atoms with Crippen molar-refractivity contribution in [1.82, 2.24) is 0 Å². The highest BCUT2D eigenvalue weighted by atomic mass is 16.3. The molecule has 1 unspecified atom stereocenters. The lowest BCUT2D eigenvalue weighted by atomic mass is 9.97. The van der Waals surface area contributed by atoms with Gasteiger partial charge in [-0.05, 0) is 43.5 Å². The van der Waals surface area contributed by atoms with E-state index in [-0.39, 0.29) is 17.5 Å². The molecule has 0 saturated heterocycles. The molecule has 1 rings (SSSR count). The Morgan fingerprint density at radius 3 is 2.23 bits per heavy atom. The van der Waals surface area contributed by atoms with Crippen LogP contribution in [0.5, 0.6) is 11.5 Å². The molecule has 0 aromatic heterocycles. The summed E-state index contributed by atoms with van der Waals surface area (Å²) in [7, 11) is 0. The first kappa shape index (κ1) is 9.86. The molecule has 0 saturated carbocycles. The molecular formula is C10H15NO2. The minimum atomic E-state index is -0.134. The fourth-order valence-electron chi connectivity index (χ4n) is 1.38. The van der Waals surface area contributed by atoms with Gasteiger partial charge < -0.3 is 15.9 Å². The van der Waals surface area contributed by atoms with Crippen molar-refractivity contribution in [2.45, 2.75) is 26.8 Å². The lowest BCUT2D eigenvalue weighted by Gasteiger charge is -2.14. The van der Waals surface area contributed by atoms with E-state index in [4.69, 9.17) is 5.73 Å². The zero-order valence-electron chi connectivity index (χ0n) is 8.13. The van der Waals surface area contributed by atoms with Gasteiger partial charge in [-0.2, -0.15) is 0 Å². The second-order valence-corrected chi connectivity index (χ2v) is 3.37. The van der Waals surface area contributed by atoms with Crippen molar-refractivity contribution in [1.29, 1.82) is 0 Å². The molecule has 0 aliphatic heterocycles. The molecule has 3 nitrogen and oxygen atoms in total. The summed E-state index contributed by atoms with van der Waals surface area (Å²) in [5.41, 5.74) is 8.20. The molecule has 0 fully saturated rings. The van der Waals surface area contributed by atoms with Crippen LogP contribution in [0.2, 0.25) is 0 Å². The van der Waals surface area contributed by atoms with Crippen LogP contribution in [0.1, 0.15) is 29.7 Å². The Bertz CT molecular complexity index is 332. The normalized spacial score (nSPS) is 12.9. The topological polar surface area (TPSA) is 66.5 Å². The Morgan fingerprint density at radius 2 is 1.77 bits per heavy atom. The summed E-state index contributed by atoms with van der Waals surface area (Å²) < 4.78 is 0. The van der Waals surface area contributed by atoms with Crippen molar-refractivity contribution in [3.63, 3.8) is 0 Å². The summed E-state index contributed by atoms with van der Waals surface area (Å²) in [4.78, 5) is 0. The molecule has 0 bridgehead atoms. The molecule has 0 aliphatic carbocycles. The third-order valence-electron chi connectivity index (χ3n) is 2.38. The molecule has 0 spiro atoms. The lowest BCUT2D eigenvalue weighted by molar-refractivity contribution is 0.399. The number of phenolic OH excluding ortho intramolecular Hbond substituents is 2. The predicted molar refractivity (Wildman–Crippen MR) is 51.8 cm³/mol. The number of aromatic hydroxyl groups is 2. The van der Waals surface area contributed by atoms with Gasteiger partial charge in [-0.1, -0.05) is 0 Å². The van der Waals surface area contributed by atoms with Gasteiger partial charge in [-0.25, -0.2) is 0 Å². The zero-order chi connectivity index (χ0) is 10.2. The standard InChI is InChI=1S/C10H15NO2/c1-5-6(2)10(13)9(12)4-8(5)7(3)11/h4,7,12-13H,11H2,1-3H3. The van der Waals surface area contributed by atoms with E-state index in [0.29, 0.717) is 5.56 Å². The van der Waals surface area contributed by atoms with E-state index >= 15 is 0 Å². The molecule has 1 aromatic carbocycles. The van der Waals surface area contributed by atoms with E-state index in [9.17, 15) is 10.2 Å². The molecule has 0 amide bonds. The van der Waals surface area contributed by atoms with Crippen LogP contribution in [-0.4, -0.2) is 10.2 Å². The van der Waals surface area contributed by atoms with Crippen molar-refractivity contribution in [3.05, 3.63) is 22.8 Å². The minimum absolute atomic E-state index is 0.0538. The predicted octanol–water partition coefficient (Wildman–Crippen LogP) is 1.73. The first-order valence-corrected chi connectivity index (χ1v) is 4.22. The average Bonchev–Trinajstić information content (AvgIpc) is 2.07. The first-order valence-electron chi connectivity index (χ1n) is 4.22. The zero-order valence-corrected chi connectivity index (χ0v) is 8.13. The van der Waals surface area contributed by atoms with Crippen LogP contribution in [-0.2, 0) is 0 Å². The summed E-state index contributed by atoms with van der Waals surface area (Å²) in [6.45, 7) is 5.49. The Balaban J connectivity index is 3.41. The maximum absolute atomic E-state index is 9.40. The summed E-state index contributed by atoms with van der Waals surface area (Å²) >= 11 is 0. The molecular weight excluding hydrogens is 166 g/mol. The maximum atomic E-state index is 9.40. The van der Waals surface area contributed by atoms with E-state index in [1.54, 1.807) is 6.92 Å². The summed E-state index contributed by atoms with van der Waals surface area (Å²) in [6.07, 6.45) is 0. The second-order valence-electron chi connectivity index (χ2n) is 3.37. The summed E-state index contributed by atoms with van der Waals surface area (Å²) in [6, 6.07) is 1.38. The lowest BCUT2D eigenvalue weighted by Crippen LogP contribution is -2.07. The molecule has 1 atom stereocenters. The highest BCUT2D eigenvalue weighted by Crippen LogP contribution is 2.34. The molecule has 1 aromatic rings. The average molecular weight is 181 g/mol. The van der Waals surface area contributed by atoms with Crippen LogP contribution in [0.4, 0.5) is 0 Å². The van der Waals surface area contributed by atoms with E-state index in [1.807, 2.05) is 13.8 Å². The van der Waals surface area contributed by atoms with Gasteiger partial charge in [0, 0.05) is 6.04 Å². The molecule has 0 aliphatic rings. The largest absolute Gasteiger partial charge is 0.504 e. The SMILES string of the molecule is Cc1c(C(C)N)cc(O)c(O)c1C. The Kier molecular flexibility index (Phi) is 2.48. The monoisotopic (exact) mass is 181 g/mol. The van der Waals surface area contributed by atoms with Crippen LogP contribution in [0.15, 0.2) is 6.07 Å². The Hall–Kier alpha value is -1.22. The number of hydrogen-bond acceptors (Lipinski definition) is 3. The maximum Gasteiger partial charge on any atom is 0.160 e. The van der Waals surface area contributed by atoms with E-state index in [0.717, 1.165) is 11.1 Å². The molecule has 13 heavy (non-hydrogen) atoms. The minimum Gasteiger partial charge on any atom is -0.504 e. The molecule has 72 valence electrons. The highest BCUT2D eigenvalue weighted by Gasteiger charge is 2.12. The number of rotatable bonds is 1. The van der Waals surface area contributed by atoms with Crippen LogP contribution in [0.25, 0.3) is 0 Å². The highest BCUT2D eigenvalue weighted by molar-refractivity contribution is 5.52. The van der Waals surface area contributed by atoms with Gasteiger partial charge in [0.25, 0.3) is 0 Å². The molecule has 3 heteroatoms. The molecule has 0 heterocycles. The second kappa shape index (κ2) is 3.26. The number of hydrogen-bond donors (Lipinski definition) is 3. The van der Waals surface area contributed by atoms with Crippen LogP contribution in [0, 0.1) is 13.8 Å². The summed E-state index contributed by atoms with van der Waals surface area (Å²) in [5, 5.41) is 18.8. The van der Waals surface area contributed by atoms with Gasteiger partial charge >= 0.3 is 0 Å². The van der Waals surface area contributed by atoms with Gasteiger partial charge in [-0.15, -0.1) is 0 Å². The van der Waals surface area contributed by atoms with E-state index < -0.39 is 0 Å². The van der Waals surface area contributed by atoms with Crippen molar-refractivity contribution < 1.29 is 10.2 Å². The fourth-order valence-corrected chi connectivity index (χ4v) is 1.38. The third-order valence-corrected chi connectivity index (χ3v) is 2.38. The molecule has 4 N–H and O–H groups in total. The van der Waals surface area contributed by atoms with E-state index in [2.05, 4.69) is 0 Å². The van der Waals surface area contributed by atoms with Crippen molar-refractivity contribution >= 4 is 0 Å². The van der Waals surface area contributed by atoms with Crippen LogP contribution >= 0.6 is 0 Å². The van der Waals surface area contributed by atoms with Gasteiger partial charge in [0.2, 0.25) is 0 Å². The fraction of sp³-hybridized carbons (Fsp3) is 0.400. The quantitative estimate of drug-likeness (QED) is 0.578. The van der Waals surface area contributed by atoms with Gasteiger partial charge in [0.05, 0.1) is 0 Å². The Labute approximate surface area is 77.8 Å². The van der Waals surface area contributed by atoms with E-state index in [1.165, 1.54) is 6.07 Å². The van der Waals surface area contributed by atoms with Crippen molar-refractivity contribution in [3.8, 4) is 11.5 Å². The van der Waals surface area contributed by atoms with Crippen LogP contribution in [0.3, 0.4) is 0 Å². The smallest absolute Gasteiger partial charge is 0.160 e. The number of phenols is 2. The number of nitrogens with two attached hydrogens (primary N) is 1. The van der Waals surface area contributed by atoms with Crippen molar-refractivity contribution in [2.75, 3.05) is 0 Å².